The summed E-state index contributed by atoms with van der Waals surface area (Å²) in [4.78, 5) is 0. The molecule has 1 heterocycles. The second-order valence-electron chi connectivity index (χ2n) is 2.59. The van der Waals surface area contributed by atoms with Crippen molar-refractivity contribution in [1.82, 2.24) is 0 Å². The van der Waals surface area contributed by atoms with Crippen LogP contribution in [0.5, 0.6) is 0 Å². The van der Waals surface area contributed by atoms with E-state index in [1.165, 1.54) is 6.92 Å². The Hall–Kier alpha value is 0.320. The molecular weight excluding hydrogens is 202 g/mol. The first-order valence-corrected chi connectivity index (χ1v) is 3.83. The van der Waals surface area contributed by atoms with Crippen LogP contribution >= 0.6 is 15.9 Å². The molecule has 1 rings (SSSR count). The lowest BCUT2D eigenvalue weighted by atomic mass is 10.1. The Labute approximate surface area is 67.1 Å². The molecule has 0 aromatic heterocycles. The Morgan fingerprint density at radius 1 is 1.60 bits per heavy atom. The molecule has 0 aromatic carbocycles. The van der Waals surface area contributed by atoms with Gasteiger partial charge in [0.2, 0.25) is 0 Å². The first-order chi connectivity index (χ1) is 4.45. The van der Waals surface area contributed by atoms with Crippen LogP contribution in [-0.2, 0) is 4.74 Å². The van der Waals surface area contributed by atoms with Crippen molar-refractivity contribution in [3.63, 3.8) is 0 Å². The SMILES string of the molecule is CC1(N)OC(Br)C(O)C1O. The number of rotatable bonds is 0. The number of aliphatic hydroxyl groups is 2. The lowest BCUT2D eigenvalue weighted by molar-refractivity contribution is -0.0489. The van der Waals surface area contributed by atoms with Gasteiger partial charge in [-0.05, 0) is 6.92 Å². The minimum Gasteiger partial charge on any atom is -0.387 e. The predicted octanol–water partition coefficient (Wildman–Crippen LogP) is -0.866. The number of aliphatic hydroxyl groups excluding tert-OH is 2. The van der Waals surface area contributed by atoms with Gasteiger partial charge in [0, 0.05) is 0 Å². The van der Waals surface area contributed by atoms with E-state index in [1.807, 2.05) is 0 Å². The Kier molecular flexibility index (Phi) is 2.04. The van der Waals surface area contributed by atoms with Crippen molar-refractivity contribution < 1.29 is 14.9 Å². The summed E-state index contributed by atoms with van der Waals surface area (Å²) in [5, 5.41) is 17.7. The lowest BCUT2D eigenvalue weighted by Crippen LogP contribution is -2.48. The van der Waals surface area contributed by atoms with E-state index < -0.39 is 22.9 Å². The van der Waals surface area contributed by atoms with E-state index in [0.29, 0.717) is 0 Å². The lowest BCUT2D eigenvalue weighted by Gasteiger charge is -2.20. The highest BCUT2D eigenvalue weighted by Gasteiger charge is 2.47. The van der Waals surface area contributed by atoms with Crippen LogP contribution in [0.15, 0.2) is 0 Å². The maximum atomic E-state index is 9.17. The molecule has 0 radical (unpaired) electrons. The largest absolute Gasteiger partial charge is 0.387 e. The molecule has 0 bridgehead atoms. The fraction of sp³-hybridized carbons (Fsp3) is 1.00. The maximum Gasteiger partial charge on any atom is 0.144 e. The van der Waals surface area contributed by atoms with E-state index in [-0.39, 0.29) is 0 Å². The quantitative estimate of drug-likeness (QED) is 0.456. The average Bonchev–Trinajstić information content (AvgIpc) is 1.95. The van der Waals surface area contributed by atoms with E-state index in [9.17, 15) is 0 Å². The zero-order chi connectivity index (χ0) is 7.94. The fourth-order valence-electron chi connectivity index (χ4n) is 0.864. The highest BCUT2D eigenvalue weighted by atomic mass is 79.9. The van der Waals surface area contributed by atoms with Gasteiger partial charge in [-0.3, -0.25) is 0 Å². The molecule has 0 saturated carbocycles. The molecule has 0 spiro atoms. The average molecular weight is 212 g/mol. The normalized spacial score (nSPS) is 55.5. The Morgan fingerprint density at radius 3 is 2.20 bits per heavy atom. The smallest absolute Gasteiger partial charge is 0.144 e. The molecule has 4 atom stereocenters. The summed E-state index contributed by atoms with van der Waals surface area (Å²) in [6, 6.07) is 0. The minimum atomic E-state index is -1.15. The molecule has 0 aromatic rings. The van der Waals surface area contributed by atoms with Gasteiger partial charge < -0.3 is 20.7 Å². The summed E-state index contributed by atoms with van der Waals surface area (Å²) in [5.74, 6) is 0. The van der Waals surface area contributed by atoms with Gasteiger partial charge in [0.25, 0.3) is 0 Å². The van der Waals surface area contributed by atoms with Gasteiger partial charge in [0.1, 0.15) is 22.9 Å². The van der Waals surface area contributed by atoms with Crippen LogP contribution in [0.3, 0.4) is 0 Å². The third-order valence-corrected chi connectivity index (χ3v) is 2.27. The van der Waals surface area contributed by atoms with Crippen molar-refractivity contribution in [3.8, 4) is 0 Å². The summed E-state index contributed by atoms with van der Waals surface area (Å²) in [5.41, 5.74) is 4.29. The van der Waals surface area contributed by atoms with Crippen LogP contribution in [0.2, 0.25) is 0 Å². The maximum absolute atomic E-state index is 9.17. The van der Waals surface area contributed by atoms with Gasteiger partial charge in [0.05, 0.1) is 0 Å². The van der Waals surface area contributed by atoms with Gasteiger partial charge >= 0.3 is 0 Å². The first kappa shape index (κ1) is 8.42. The Balaban J connectivity index is 2.71. The monoisotopic (exact) mass is 211 g/mol. The van der Waals surface area contributed by atoms with Crippen LogP contribution in [0.4, 0.5) is 0 Å². The Bertz CT molecular complexity index is 141. The van der Waals surface area contributed by atoms with Gasteiger partial charge in [-0.1, -0.05) is 15.9 Å². The summed E-state index contributed by atoms with van der Waals surface area (Å²) >= 11 is 3.01. The summed E-state index contributed by atoms with van der Waals surface area (Å²) in [6.45, 7) is 1.52. The first-order valence-electron chi connectivity index (χ1n) is 2.92. The third kappa shape index (κ3) is 1.19. The summed E-state index contributed by atoms with van der Waals surface area (Å²) in [6.07, 6.45) is -1.98. The van der Waals surface area contributed by atoms with E-state index in [1.54, 1.807) is 0 Å². The predicted molar refractivity (Wildman–Crippen MR) is 38.4 cm³/mol. The van der Waals surface area contributed by atoms with E-state index in [4.69, 9.17) is 20.7 Å². The second kappa shape index (κ2) is 2.42. The molecule has 4 unspecified atom stereocenters. The molecule has 4 nitrogen and oxygen atoms in total. The topological polar surface area (TPSA) is 75.7 Å². The zero-order valence-corrected chi connectivity index (χ0v) is 7.08. The number of alkyl halides is 1. The molecular formula is C5H10BrNO3. The highest BCUT2D eigenvalue weighted by Crippen LogP contribution is 2.29. The highest BCUT2D eigenvalue weighted by molar-refractivity contribution is 9.09. The standard InChI is InChI=1S/C5H10BrNO3/c1-5(7)3(9)2(8)4(6)10-5/h2-4,8-9H,7H2,1H3. The molecule has 4 N–H and O–H groups in total. The molecule has 10 heavy (non-hydrogen) atoms. The molecule has 60 valence electrons. The van der Waals surface area contributed by atoms with Crippen LogP contribution in [0.25, 0.3) is 0 Å². The van der Waals surface area contributed by atoms with E-state index >= 15 is 0 Å². The molecule has 1 aliphatic rings. The molecule has 0 aliphatic carbocycles. The second-order valence-corrected chi connectivity index (χ2v) is 3.49. The molecule has 0 amide bonds. The van der Waals surface area contributed by atoms with Gasteiger partial charge in [-0.15, -0.1) is 0 Å². The van der Waals surface area contributed by atoms with Gasteiger partial charge in [-0.25, -0.2) is 0 Å². The fourth-order valence-corrected chi connectivity index (χ4v) is 1.56. The van der Waals surface area contributed by atoms with Crippen molar-refractivity contribution in [2.75, 3.05) is 0 Å². The van der Waals surface area contributed by atoms with Crippen molar-refractivity contribution >= 4 is 15.9 Å². The minimum absolute atomic E-state index is 0.572. The van der Waals surface area contributed by atoms with Gasteiger partial charge in [-0.2, -0.15) is 0 Å². The summed E-state index contributed by atoms with van der Waals surface area (Å²) < 4.78 is 4.97. The number of nitrogens with two attached hydrogens (primary N) is 1. The van der Waals surface area contributed by atoms with Crippen molar-refractivity contribution in [3.05, 3.63) is 0 Å². The van der Waals surface area contributed by atoms with Crippen molar-refractivity contribution in [2.24, 2.45) is 5.73 Å². The van der Waals surface area contributed by atoms with Gasteiger partial charge in [0.15, 0.2) is 0 Å². The third-order valence-electron chi connectivity index (χ3n) is 1.55. The van der Waals surface area contributed by atoms with E-state index in [0.717, 1.165) is 0 Å². The number of ether oxygens (including phenoxy) is 1. The van der Waals surface area contributed by atoms with Crippen LogP contribution in [0, 0.1) is 0 Å². The molecule has 5 heteroatoms. The number of halogens is 1. The van der Waals surface area contributed by atoms with E-state index in [2.05, 4.69) is 15.9 Å². The molecule has 1 saturated heterocycles. The molecule has 1 fully saturated rings. The van der Waals surface area contributed by atoms with Crippen molar-refractivity contribution in [1.29, 1.82) is 0 Å². The number of hydrogen-bond acceptors (Lipinski definition) is 4. The summed E-state index contributed by atoms with van der Waals surface area (Å²) in [7, 11) is 0. The molecule has 1 aliphatic heterocycles. The van der Waals surface area contributed by atoms with Crippen LogP contribution in [-0.4, -0.2) is 33.2 Å². The number of hydrogen-bond donors (Lipinski definition) is 3. The zero-order valence-electron chi connectivity index (χ0n) is 5.49. The van der Waals surface area contributed by atoms with Crippen molar-refractivity contribution in [2.45, 2.75) is 29.9 Å². The Morgan fingerprint density at radius 2 is 2.10 bits per heavy atom. The van der Waals surface area contributed by atoms with Crippen LogP contribution < -0.4 is 5.73 Å². The van der Waals surface area contributed by atoms with Crippen LogP contribution in [0.1, 0.15) is 6.92 Å².